The van der Waals surface area contributed by atoms with Gasteiger partial charge in [-0.1, -0.05) is 0 Å². The predicted molar refractivity (Wildman–Crippen MR) is 58.0 cm³/mol. The number of aromatic nitrogens is 3. The lowest BCUT2D eigenvalue weighted by Crippen LogP contribution is -2.07. The van der Waals surface area contributed by atoms with Crippen molar-refractivity contribution in [3.63, 3.8) is 0 Å². The highest BCUT2D eigenvalue weighted by Gasteiger charge is 2.17. The van der Waals surface area contributed by atoms with Crippen LogP contribution in [0.4, 0.5) is 8.78 Å². The van der Waals surface area contributed by atoms with Gasteiger partial charge < -0.3 is 4.74 Å². The Labute approximate surface area is 105 Å². The molecule has 0 amide bonds. The highest BCUT2D eigenvalue weighted by molar-refractivity contribution is 5.84. The van der Waals surface area contributed by atoms with Crippen LogP contribution in [0.1, 0.15) is 21.0 Å². The van der Waals surface area contributed by atoms with Gasteiger partial charge in [-0.2, -0.15) is 0 Å². The molecular formula is C11H7F2N3O3. The summed E-state index contributed by atoms with van der Waals surface area (Å²) < 4.78 is 32.5. The van der Waals surface area contributed by atoms with Gasteiger partial charge >= 0.3 is 5.97 Å². The zero-order valence-electron chi connectivity index (χ0n) is 9.63. The molecule has 0 unspecified atom stereocenters. The Hall–Kier alpha value is -2.64. The maximum absolute atomic E-state index is 13.7. The number of esters is 1. The van der Waals surface area contributed by atoms with Crippen molar-refractivity contribution in [3.8, 4) is 5.69 Å². The number of ether oxygens (including phenoxy) is 1. The molecule has 19 heavy (non-hydrogen) atoms. The number of carbonyl (C=O) groups excluding carboxylic acids is 2. The molecule has 1 aromatic heterocycles. The number of carbonyl (C=O) groups is 2. The average molecular weight is 267 g/mol. The van der Waals surface area contributed by atoms with Crippen LogP contribution in [-0.2, 0) is 4.74 Å². The van der Waals surface area contributed by atoms with Crippen molar-refractivity contribution in [1.82, 2.24) is 14.8 Å². The van der Waals surface area contributed by atoms with Gasteiger partial charge in [0.05, 0.1) is 7.11 Å². The minimum atomic E-state index is -0.997. The second-order valence-electron chi connectivity index (χ2n) is 3.46. The zero-order chi connectivity index (χ0) is 14.0. The van der Waals surface area contributed by atoms with Gasteiger partial charge in [0, 0.05) is 5.56 Å². The van der Waals surface area contributed by atoms with Gasteiger partial charge in [0.1, 0.15) is 18.3 Å². The second kappa shape index (κ2) is 4.92. The van der Waals surface area contributed by atoms with Crippen molar-refractivity contribution in [1.29, 1.82) is 0 Å². The van der Waals surface area contributed by atoms with Crippen molar-refractivity contribution in [2.24, 2.45) is 0 Å². The summed E-state index contributed by atoms with van der Waals surface area (Å²) in [4.78, 5) is 25.2. The first-order valence-electron chi connectivity index (χ1n) is 5.01. The molecule has 0 saturated heterocycles. The van der Waals surface area contributed by atoms with Crippen molar-refractivity contribution in [2.45, 2.75) is 0 Å². The number of halogens is 2. The monoisotopic (exact) mass is 267 g/mol. The molecule has 0 fully saturated rings. The number of methoxy groups -OCH3 is 1. The van der Waals surface area contributed by atoms with Gasteiger partial charge in [-0.3, -0.25) is 4.79 Å². The van der Waals surface area contributed by atoms with E-state index in [9.17, 15) is 18.4 Å². The molecule has 0 saturated carbocycles. The van der Waals surface area contributed by atoms with Crippen LogP contribution in [0.15, 0.2) is 18.5 Å². The molecule has 8 heteroatoms. The number of rotatable bonds is 3. The Balaban J connectivity index is 2.50. The van der Waals surface area contributed by atoms with Crippen LogP contribution in [0.25, 0.3) is 5.69 Å². The molecule has 6 nitrogen and oxygen atoms in total. The van der Waals surface area contributed by atoms with E-state index in [0.29, 0.717) is 6.29 Å². The van der Waals surface area contributed by atoms with Crippen molar-refractivity contribution in [3.05, 3.63) is 41.5 Å². The molecule has 0 aliphatic rings. The Morgan fingerprint density at radius 3 is 2.53 bits per heavy atom. The largest absolute Gasteiger partial charge is 0.463 e. The lowest BCUT2D eigenvalue weighted by atomic mass is 10.2. The van der Waals surface area contributed by atoms with Gasteiger partial charge in [0.2, 0.25) is 0 Å². The van der Waals surface area contributed by atoms with E-state index in [1.165, 1.54) is 0 Å². The van der Waals surface area contributed by atoms with Gasteiger partial charge in [-0.05, 0) is 12.1 Å². The molecule has 0 spiro atoms. The summed E-state index contributed by atoms with van der Waals surface area (Å²) >= 11 is 0. The van der Waals surface area contributed by atoms with Gasteiger partial charge in [0.15, 0.2) is 11.6 Å². The van der Waals surface area contributed by atoms with Crippen molar-refractivity contribution in [2.75, 3.05) is 7.11 Å². The molecule has 98 valence electrons. The Bertz CT molecular complexity index is 631. The summed E-state index contributed by atoms with van der Waals surface area (Å²) in [7, 11) is 1.13. The second-order valence-corrected chi connectivity index (χ2v) is 3.46. The summed E-state index contributed by atoms with van der Waals surface area (Å²) in [6, 6.07) is 1.70. The third kappa shape index (κ3) is 2.32. The lowest BCUT2D eigenvalue weighted by Gasteiger charge is -2.04. The normalized spacial score (nSPS) is 10.3. The van der Waals surface area contributed by atoms with E-state index in [1.54, 1.807) is 0 Å². The summed E-state index contributed by atoms with van der Waals surface area (Å²) in [5.74, 6) is -3.16. The Morgan fingerprint density at radius 1 is 1.37 bits per heavy atom. The lowest BCUT2D eigenvalue weighted by molar-refractivity contribution is 0.0586. The highest BCUT2D eigenvalue weighted by Crippen LogP contribution is 2.18. The van der Waals surface area contributed by atoms with Crippen LogP contribution in [0.3, 0.4) is 0 Å². The molecule has 0 N–H and O–H groups in total. The maximum atomic E-state index is 13.7. The van der Waals surface area contributed by atoms with E-state index in [-0.39, 0.29) is 11.4 Å². The van der Waals surface area contributed by atoms with E-state index in [2.05, 4.69) is 14.8 Å². The first kappa shape index (κ1) is 12.8. The predicted octanol–water partition coefficient (Wildman–Crippen LogP) is 1.14. The minimum Gasteiger partial charge on any atom is -0.463 e. The van der Waals surface area contributed by atoms with E-state index >= 15 is 0 Å². The quantitative estimate of drug-likeness (QED) is 0.616. The molecule has 2 rings (SSSR count). The number of aldehydes is 1. The fourth-order valence-electron chi connectivity index (χ4n) is 1.43. The standard InChI is InChI=1S/C11H7F2N3O3/c1-19-11(18)10-14-5-16(15-10)9-7(12)2-6(4-17)3-8(9)13/h2-5H,1H3. The van der Waals surface area contributed by atoms with E-state index in [1.807, 2.05) is 0 Å². The topological polar surface area (TPSA) is 74.1 Å². The molecule has 0 radical (unpaired) electrons. The molecular weight excluding hydrogens is 260 g/mol. The van der Waals surface area contributed by atoms with Crippen LogP contribution in [0.2, 0.25) is 0 Å². The highest BCUT2D eigenvalue weighted by atomic mass is 19.1. The van der Waals surface area contributed by atoms with E-state index in [4.69, 9.17) is 0 Å². The number of hydrogen-bond acceptors (Lipinski definition) is 5. The Kier molecular flexibility index (Phi) is 3.32. The minimum absolute atomic E-state index is 0.146. The van der Waals surface area contributed by atoms with Gasteiger partial charge in [-0.25, -0.2) is 23.2 Å². The summed E-state index contributed by atoms with van der Waals surface area (Å²) in [6.45, 7) is 0. The van der Waals surface area contributed by atoms with Crippen LogP contribution < -0.4 is 0 Å². The van der Waals surface area contributed by atoms with Crippen molar-refractivity contribution >= 4 is 12.3 Å². The van der Waals surface area contributed by atoms with Crippen LogP contribution >= 0.6 is 0 Å². The summed E-state index contributed by atoms with van der Waals surface area (Å²) in [5, 5.41) is 3.59. The van der Waals surface area contributed by atoms with E-state index < -0.39 is 23.3 Å². The maximum Gasteiger partial charge on any atom is 0.377 e. The fraction of sp³-hybridized carbons (Fsp3) is 0.0909. The first-order chi connectivity index (χ1) is 9.06. The summed E-state index contributed by atoms with van der Waals surface area (Å²) in [6.07, 6.45) is 1.28. The molecule has 1 heterocycles. The van der Waals surface area contributed by atoms with Gasteiger partial charge in [-0.15, -0.1) is 5.10 Å². The van der Waals surface area contributed by atoms with Gasteiger partial charge in [0.25, 0.3) is 5.82 Å². The SMILES string of the molecule is COC(=O)c1ncn(-c2c(F)cc(C=O)cc2F)n1. The smallest absolute Gasteiger partial charge is 0.377 e. The average Bonchev–Trinajstić information content (AvgIpc) is 2.86. The summed E-state index contributed by atoms with van der Waals surface area (Å²) in [5.41, 5.74) is -0.680. The van der Waals surface area contributed by atoms with Crippen LogP contribution in [0.5, 0.6) is 0 Å². The van der Waals surface area contributed by atoms with E-state index in [0.717, 1.165) is 30.3 Å². The molecule has 2 aromatic rings. The third-order valence-corrected chi connectivity index (χ3v) is 2.26. The Morgan fingerprint density at radius 2 is 2.00 bits per heavy atom. The molecule has 0 atom stereocenters. The van der Waals surface area contributed by atoms with Crippen LogP contribution in [-0.4, -0.2) is 34.1 Å². The molecule has 0 aliphatic carbocycles. The number of benzene rings is 1. The molecule has 1 aromatic carbocycles. The molecule has 0 aliphatic heterocycles. The zero-order valence-corrected chi connectivity index (χ0v) is 9.63. The number of nitrogens with zero attached hydrogens (tertiary/aromatic N) is 3. The fourth-order valence-corrected chi connectivity index (χ4v) is 1.43. The molecule has 0 bridgehead atoms. The number of hydrogen-bond donors (Lipinski definition) is 0. The third-order valence-electron chi connectivity index (χ3n) is 2.26. The van der Waals surface area contributed by atoms with Crippen LogP contribution in [0, 0.1) is 11.6 Å². The van der Waals surface area contributed by atoms with Crippen molar-refractivity contribution < 1.29 is 23.1 Å². The first-order valence-corrected chi connectivity index (χ1v) is 5.01.